The molecule has 0 bridgehead atoms. The van der Waals surface area contributed by atoms with Crippen molar-refractivity contribution in [1.29, 1.82) is 0 Å². The van der Waals surface area contributed by atoms with Gasteiger partial charge in [0, 0.05) is 32.6 Å². The number of piperazine rings is 1. The summed E-state index contributed by atoms with van der Waals surface area (Å²) in [5.41, 5.74) is 2.78. The average Bonchev–Trinajstić information content (AvgIpc) is 2.68. The van der Waals surface area contributed by atoms with Crippen LogP contribution in [0.2, 0.25) is 0 Å². The molecule has 1 saturated heterocycles. The third kappa shape index (κ3) is 8.99. The summed E-state index contributed by atoms with van der Waals surface area (Å²) >= 11 is 0. The number of aryl methyl sites for hydroxylation is 2. The van der Waals surface area contributed by atoms with Crippen LogP contribution in [0.25, 0.3) is 0 Å². The Hall–Kier alpha value is -1.88. The summed E-state index contributed by atoms with van der Waals surface area (Å²) in [5, 5.41) is 9.03. The molecule has 164 valence electrons. The highest BCUT2D eigenvalue weighted by atomic mass is 16.4. The normalized spacial score (nSPS) is 14.9. The predicted molar refractivity (Wildman–Crippen MR) is 120 cm³/mol. The number of carboxylic acids is 1. The van der Waals surface area contributed by atoms with Crippen molar-refractivity contribution < 1.29 is 14.7 Å². The smallest absolute Gasteiger partial charge is 0.335 e. The van der Waals surface area contributed by atoms with E-state index in [0.29, 0.717) is 17.4 Å². The van der Waals surface area contributed by atoms with E-state index in [1.54, 1.807) is 12.1 Å². The molecule has 5 nitrogen and oxygen atoms in total. The lowest BCUT2D eigenvalue weighted by molar-refractivity contribution is -0.133. The second-order valence-electron chi connectivity index (χ2n) is 8.83. The van der Waals surface area contributed by atoms with Crippen LogP contribution in [0.1, 0.15) is 75.4 Å². The Morgan fingerprint density at radius 3 is 2.21 bits per heavy atom. The summed E-state index contributed by atoms with van der Waals surface area (Å²) in [6.45, 7) is 17.4. The van der Waals surface area contributed by atoms with Crippen LogP contribution < -0.4 is 0 Å². The van der Waals surface area contributed by atoms with Crippen molar-refractivity contribution >= 4 is 11.9 Å². The minimum Gasteiger partial charge on any atom is -0.478 e. The lowest BCUT2D eigenvalue weighted by Gasteiger charge is -2.36. The van der Waals surface area contributed by atoms with Crippen molar-refractivity contribution in [1.82, 2.24) is 9.80 Å². The van der Waals surface area contributed by atoms with Gasteiger partial charge in [-0.3, -0.25) is 9.69 Å². The molecule has 1 amide bonds. The van der Waals surface area contributed by atoms with E-state index >= 15 is 0 Å². The Bertz CT molecular complexity index is 657. The number of nitrogens with zero attached hydrogens (tertiary/aromatic N) is 2. The quantitative estimate of drug-likeness (QED) is 0.720. The molecule has 0 radical (unpaired) electrons. The number of hydrogen-bond donors (Lipinski definition) is 1. The maximum absolute atomic E-state index is 12.5. The number of hydrogen-bond acceptors (Lipinski definition) is 3. The van der Waals surface area contributed by atoms with E-state index in [1.165, 1.54) is 6.42 Å². The maximum atomic E-state index is 12.5. The SMILES string of the molecule is CC.Cc1cc(C(=O)O)ccc1CCCC(=O)N1CCN(CCC(C)(C)C)CC1. The van der Waals surface area contributed by atoms with Crippen LogP contribution in [-0.2, 0) is 11.2 Å². The summed E-state index contributed by atoms with van der Waals surface area (Å²) < 4.78 is 0. The molecule has 1 aliphatic heterocycles. The Morgan fingerprint density at radius 2 is 1.69 bits per heavy atom. The fraction of sp³-hybridized carbons (Fsp3) is 0.667. The molecule has 1 aromatic carbocycles. The number of carboxylic acid groups (broad SMARTS) is 1. The zero-order valence-electron chi connectivity index (χ0n) is 19.3. The molecule has 0 aliphatic carbocycles. The molecule has 1 aromatic rings. The van der Waals surface area contributed by atoms with Crippen LogP contribution in [0.5, 0.6) is 0 Å². The topological polar surface area (TPSA) is 60.9 Å². The van der Waals surface area contributed by atoms with Crippen LogP contribution in [0.4, 0.5) is 0 Å². The Labute approximate surface area is 177 Å². The molecule has 1 N–H and O–H groups in total. The molecule has 0 saturated carbocycles. The monoisotopic (exact) mass is 404 g/mol. The highest BCUT2D eigenvalue weighted by Crippen LogP contribution is 2.19. The van der Waals surface area contributed by atoms with Crippen LogP contribution in [-0.4, -0.2) is 59.5 Å². The van der Waals surface area contributed by atoms with Crippen LogP contribution in [0, 0.1) is 12.3 Å². The number of rotatable bonds is 7. The molecule has 1 heterocycles. The summed E-state index contributed by atoms with van der Waals surface area (Å²) in [5.74, 6) is -0.660. The zero-order chi connectivity index (χ0) is 22.0. The molecule has 0 atom stereocenters. The molecule has 0 spiro atoms. The van der Waals surface area contributed by atoms with E-state index in [-0.39, 0.29) is 5.91 Å². The summed E-state index contributed by atoms with van der Waals surface area (Å²) in [4.78, 5) is 27.9. The third-order valence-electron chi connectivity index (χ3n) is 5.33. The van der Waals surface area contributed by atoms with Gasteiger partial charge in [-0.05, 0) is 61.4 Å². The first-order chi connectivity index (χ1) is 13.7. The highest BCUT2D eigenvalue weighted by molar-refractivity contribution is 5.87. The van der Waals surface area contributed by atoms with Gasteiger partial charge in [0.2, 0.25) is 5.91 Å². The minimum atomic E-state index is -0.901. The summed E-state index contributed by atoms with van der Waals surface area (Å²) in [6, 6.07) is 5.22. The first kappa shape index (κ1) is 25.2. The summed E-state index contributed by atoms with van der Waals surface area (Å²) in [7, 11) is 0. The number of aromatic carboxylic acids is 1. The second kappa shape index (κ2) is 12.0. The minimum absolute atomic E-state index is 0.241. The summed E-state index contributed by atoms with van der Waals surface area (Å²) in [6.07, 6.45) is 3.35. The van der Waals surface area contributed by atoms with Gasteiger partial charge in [-0.2, -0.15) is 0 Å². The van der Waals surface area contributed by atoms with E-state index in [1.807, 2.05) is 31.7 Å². The largest absolute Gasteiger partial charge is 0.478 e. The Kier molecular flexibility index (Phi) is 10.4. The fourth-order valence-electron chi connectivity index (χ4n) is 3.41. The number of benzene rings is 1. The van der Waals surface area contributed by atoms with E-state index < -0.39 is 5.97 Å². The van der Waals surface area contributed by atoms with Gasteiger partial charge in [-0.1, -0.05) is 40.7 Å². The maximum Gasteiger partial charge on any atom is 0.335 e. The molecule has 0 unspecified atom stereocenters. The number of amides is 1. The van der Waals surface area contributed by atoms with Crippen LogP contribution >= 0.6 is 0 Å². The molecule has 0 aromatic heterocycles. The van der Waals surface area contributed by atoms with Gasteiger partial charge in [0.1, 0.15) is 0 Å². The number of carbonyl (C=O) groups excluding carboxylic acids is 1. The van der Waals surface area contributed by atoms with Crippen molar-refractivity contribution in [3.8, 4) is 0 Å². The molecule has 29 heavy (non-hydrogen) atoms. The fourth-order valence-corrected chi connectivity index (χ4v) is 3.41. The standard InChI is InChI=1S/C22H34N2O3.C2H6/c1-17-16-19(21(26)27)9-8-18(17)6-5-7-20(25)24-14-12-23(13-15-24)11-10-22(2,3)4;1-2/h8-9,16H,5-7,10-15H2,1-4H3,(H,26,27);1-2H3. The van der Waals surface area contributed by atoms with E-state index in [9.17, 15) is 9.59 Å². The highest BCUT2D eigenvalue weighted by Gasteiger charge is 2.22. The lowest BCUT2D eigenvalue weighted by Crippen LogP contribution is -2.49. The van der Waals surface area contributed by atoms with Crippen molar-refractivity contribution in [2.45, 2.75) is 67.2 Å². The molecule has 2 rings (SSSR count). The molecule has 1 fully saturated rings. The van der Waals surface area contributed by atoms with Crippen LogP contribution in [0.3, 0.4) is 0 Å². The van der Waals surface area contributed by atoms with Crippen molar-refractivity contribution in [2.24, 2.45) is 5.41 Å². The van der Waals surface area contributed by atoms with Gasteiger partial charge >= 0.3 is 5.97 Å². The van der Waals surface area contributed by atoms with Gasteiger partial charge in [-0.15, -0.1) is 0 Å². The van der Waals surface area contributed by atoms with E-state index in [0.717, 1.165) is 56.7 Å². The van der Waals surface area contributed by atoms with Crippen molar-refractivity contribution in [2.75, 3.05) is 32.7 Å². The molecule has 5 heteroatoms. The van der Waals surface area contributed by atoms with E-state index in [2.05, 4.69) is 25.7 Å². The second-order valence-corrected chi connectivity index (χ2v) is 8.83. The Morgan fingerprint density at radius 1 is 1.07 bits per heavy atom. The van der Waals surface area contributed by atoms with Gasteiger partial charge in [0.15, 0.2) is 0 Å². The zero-order valence-corrected chi connectivity index (χ0v) is 19.3. The predicted octanol–water partition coefficient (Wildman–Crippen LogP) is 4.62. The van der Waals surface area contributed by atoms with E-state index in [4.69, 9.17) is 5.11 Å². The third-order valence-corrected chi connectivity index (χ3v) is 5.33. The number of carbonyl (C=O) groups is 2. The first-order valence-electron chi connectivity index (χ1n) is 11.0. The van der Waals surface area contributed by atoms with Crippen LogP contribution in [0.15, 0.2) is 18.2 Å². The van der Waals surface area contributed by atoms with Gasteiger partial charge in [0.05, 0.1) is 5.56 Å². The molecular weight excluding hydrogens is 364 g/mol. The Balaban J connectivity index is 0.00000204. The van der Waals surface area contributed by atoms with Gasteiger partial charge in [0.25, 0.3) is 0 Å². The lowest BCUT2D eigenvalue weighted by atomic mass is 9.92. The average molecular weight is 405 g/mol. The molecule has 1 aliphatic rings. The van der Waals surface area contributed by atoms with Gasteiger partial charge < -0.3 is 10.0 Å². The van der Waals surface area contributed by atoms with Crippen molar-refractivity contribution in [3.05, 3.63) is 34.9 Å². The molecular formula is C24H40N2O3. The van der Waals surface area contributed by atoms with Gasteiger partial charge in [-0.25, -0.2) is 4.79 Å². The van der Waals surface area contributed by atoms with Crippen molar-refractivity contribution in [3.63, 3.8) is 0 Å². The first-order valence-corrected chi connectivity index (χ1v) is 11.0.